The molecule has 0 saturated carbocycles. The van der Waals surface area contributed by atoms with E-state index in [0.717, 1.165) is 17.7 Å². The van der Waals surface area contributed by atoms with Crippen LogP contribution in [-0.2, 0) is 17.8 Å². The van der Waals surface area contributed by atoms with Crippen molar-refractivity contribution in [1.29, 1.82) is 0 Å². The first-order valence-corrected chi connectivity index (χ1v) is 6.62. The molecule has 0 amide bonds. The second kappa shape index (κ2) is 6.75. The largest absolute Gasteiger partial charge is 0.489 e. The van der Waals surface area contributed by atoms with Crippen LogP contribution in [-0.4, -0.2) is 13.1 Å². The molecule has 20 heavy (non-hydrogen) atoms. The number of esters is 1. The van der Waals surface area contributed by atoms with Crippen LogP contribution in [0.3, 0.4) is 0 Å². The van der Waals surface area contributed by atoms with E-state index < -0.39 is 0 Å². The van der Waals surface area contributed by atoms with Gasteiger partial charge in [-0.05, 0) is 41.8 Å². The lowest BCUT2D eigenvalue weighted by atomic mass is 10.1. The van der Waals surface area contributed by atoms with E-state index in [9.17, 15) is 4.79 Å². The Kier molecular flexibility index (Phi) is 4.77. The molecule has 0 atom stereocenters. The molecule has 0 aliphatic heterocycles. The summed E-state index contributed by atoms with van der Waals surface area (Å²) in [7, 11) is 1.37. The van der Waals surface area contributed by atoms with E-state index in [1.165, 1.54) is 12.7 Å². The Hall–Kier alpha value is -2.29. The van der Waals surface area contributed by atoms with Gasteiger partial charge < -0.3 is 9.47 Å². The van der Waals surface area contributed by atoms with E-state index in [1.807, 2.05) is 24.3 Å². The molecule has 0 unspecified atom stereocenters. The summed E-state index contributed by atoms with van der Waals surface area (Å²) in [6, 6.07) is 15.3. The van der Waals surface area contributed by atoms with E-state index in [-0.39, 0.29) is 5.97 Å². The number of aryl methyl sites for hydroxylation is 1. The zero-order chi connectivity index (χ0) is 14.4. The zero-order valence-corrected chi connectivity index (χ0v) is 11.8. The van der Waals surface area contributed by atoms with Crippen molar-refractivity contribution in [3.8, 4) is 5.75 Å². The van der Waals surface area contributed by atoms with E-state index in [4.69, 9.17) is 4.74 Å². The number of ether oxygens (including phenoxy) is 2. The van der Waals surface area contributed by atoms with Crippen LogP contribution in [0.5, 0.6) is 5.75 Å². The van der Waals surface area contributed by atoms with E-state index >= 15 is 0 Å². The summed E-state index contributed by atoms with van der Waals surface area (Å²) in [6.45, 7) is 2.60. The topological polar surface area (TPSA) is 35.5 Å². The maximum Gasteiger partial charge on any atom is 0.337 e. The van der Waals surface area contributed by atoms with Crippen molar-refractivity contribution in [2.45, 2.75) is 20.0 Å². The Labute approximate surface area is 119 Å². The number of carbonyl (C=O) groups is 1. The van der Waals surface area contributed by atoms with E-state index in [2.05, 4.69) is 23.8 Å². The van der Waals surface area contributed by atoms with E-state index in [0.29, 0.717) is 12.2 Å². The molecule has 0 aliphatic carbocycles. The van der Waals surface area contributed by atoms with Crippen molar-refractivity contribution < 1.29 is 14.3 Å². The van der Waals surface area contributed by atoms with Crippen LogP contribution in [0.15, 0.2) is 48.5 Å². The minimum atomic E-state index is -0.326. The lowest BCUT2D eigenvalue weighted by Crippen LogP contribution is -2.02. The normalized spacial score (nSPS) is 10.1. The van der Waals surface area contributed by atoms with Crippen LogP contribution >= 0.6 is 0 Å². The van der Waals surface area contributed by atoms with Gasteiger partial charge in [-0.2, -0.15) is 0 Å². The molecule has 0 bridgehead atoms. The minimum Gasteiger partial charge on any atom is -0.489 e. The van der Waals surface area contributed by atoms with Crippen LogP contribution in [0.1, 0.15) is 28.4 Å². The quantitative estimate of drug-likeness (QED) is 0.778. The van der Waals surface area contributed by atoms with Gasteiger partial charge >= 0.3 is 5.97 Å². The SMILES string of the molecule is CCc1ccc(OCc2ccc(C(=O)OC)cc2)cc1. The molecule has 2 aromatic rings. The highest BCUT2D eigenvalue weighted by Gasteiger charge is 2.04. The number of hydrogen-bond donors (Lipinski definition) is 0. The summed E-state index contributed by atoms with van der Waals surface area (Å²) in [5.41, 5.74) is 2.85. The predicted octanol–water partition coefficient (Wildman–Crippen LogP) is 3.61. The van der Waals surface area contributed by atoms with Crippen LogP contribution in [0.2, 0.25) is 0 Å². The van der Waals surface area contributed by atoms with Gasteiger partial charge in [-0.15, -0.1) is 0 Å². The second-order valence-corrected chi connectivity index (χ2v) is 4.47. The third-order valence-electron chi connectivity index (χ3n) is 3.11. The van der Waals surface area contributed by atoms with Crippen molar-refractivity contribution in [1.82, 2.24) is 0 Å². The van der Waals surface area contributed by atoms with Crippen LogP contribution in [0.4, 0.5) is 0 Å². The lowest BCUT2D eigenvalue weighted by molar-refractivity contribution is 0.0600. The van der Waals surface area contributed by atoms with Crippen LogP contribution in [0.25, 0.3) is 0 Å². The maximum absolute atomic E-state index is 11.3. The van der Waals surface area contributed by atoms with Gasteiger partial charge in [0, 0.05) is 0 Å². The molecule has 3 nitrogen and oxygen atoms in total. The lowest BCUT2D eigenvalue weighted by Gasteiger charge is -2.07. The highest BCUT2D eigenvalue weighted by molar-refractivity contribution is 5.89. The Balaban J connectivity index is 1.94. The van der Waals surface area contributed by atoms with Gasteiger partial charge in [0.05, 0.1) is 12.7 Å². The molecule has 2 rings (SSSR count). The predicted molar refractivity (Wildman–Crippen MR) is 77.9 cm³/mol. The van der Waals surface area contributed by atoms with Gasteiger partial charge in [0.1, 0.15) is 12.4 Å². The smallest absolute Gasteiger partial charge is 0.337 e. The van der Waals surface area contributed by atoms with Crippen molar-refractivity contribution in [2.24, 2.45) is 0 Å². The molecule has 104 valence electrons. The Morgan fingerprint density at radius 3 is 2.10 bits per heavy atom. The molecular weight excluding hydrogens is 252 g/mol. The zero-order valence-electron chi connectivity index (χ0n) is 11.8. The summed E-state index contributed by atoms with van der Waals surface area (Å²) < 4.78 is 10.4. The third kappa shape index (κ3) is 3.60. The first-order chi connectivity index (χ1) is 9.72. The molecule has 0 spiro atoms. The van der Waals surface area contributed by atoms with E-state index in [1.54, 1.807) is 12.1 Å². The second-order valence-electron chi connectivity index (χ2n) is 4.47. The highest BCUT2D eigenvalue weighted by atomic mass is 16.5. The first-order valence-electron chi connectivity index (χ1n) is 6.62. The molecule has 0 N–H and O–H groups in total. The molecule has 0 saturated heterocycles. The molecule has 3 heteroatoms. The van der Waals surface area contributed by atoms with Crippen molar-refractivity contribution in [3.63, 3.8) is 0 Å². The number of rotatable bonds is 5. The standard InChI is InChI=1S/C17H18O3/c1-3-13-6-10-16(11-7-13)20-12-14-4-8-15(9-5-14)17(18)19-2/h4-11H,3,12H2,1-2H3. The third-order valence-corrected chi connectivity index (χ3v) is 3.11. The van der Waals surface area contributed by atoms with Crippen LogP contribution < -0.4 is 4.74 Å². The average molecular weight is 270 g/mol. The number of methoxy groups -OCH3 is 1. The molecule has 0 fully saturated rings. The summed E-state index contributed by atoms with van der Waals surface area (Å²) in [6.07, 6.45) is 1.02. The minimum absolute atomic E-state index is 0.326. The maximum atomic E-state index is 11.3. The summed E-state index contributed by atoms with van der Waals surface area (Å²) >= 11 is 0. The van der Waals surface area contributed by atoms with Gasteiger partial charge in [0.15, 0.2) is 0 Å². The van der Waals surface area contributed by atoms with Gasteiger partial charge in [-0.1, -0.05) is 31.2 Å². The molecule has 0 aromatic heterocycles. The Morgan fingerprint density at radius 2 is 1.55 bits per heavy atom. The van der Waals surface area contributed by atoms with Crippen LogP contribution in [0, 0.1) is 0 Å². The summed E-state index contributed by atoms with van der Waals surface area (Å²) in [4.78, 5) is 11.3. The number of benzene rings is 2. The Bertz CT molecular complexity index is 556. The van der Waals surface area contributed by atoms with Crippen molar-refractivity contribution in [2.75, 3.05) is 7.11 Å². The van der Waals surface area contributed by atoms with Gasteiger partial charge in [-0.3, -0.25) is 0 Å². The highest BCUT2D eigenvalue weighted by Crippen LogP contribution is 2.15. The molecule has 2 aromatic carbocycles. The first kappa shape index (κ1) is 14.1. The fraction of sp³-hybridized carbons (Fsp3) is 0.235. The Morgan fingerprint density at radius 1 is 0.950 bits per heavy atom. The molecule has 0 heterocycles. The van der Waals surface area contributed by atoms with Gasteiger partial charge in [-0.25, -0.2) is 4.79 Å². The van der Waals surface area contributed by atoms with Gasteiger partial charge in [0.2, 0.25) is 0 Å². The van der Waals surface area contributed by atoms with Crippen molar-refractivity contribution >= 4 is 5.97 Å². The van der Waals surface area contributed by atoms with Crippen molar-refractivity contribution in [3.05, 3.63) is 65.2 Å². The summed E-state index contributed by atoms with van der Waals surface area (Å²) in [5, 5.41) is 0. The molecule has 0 radical (unpaired) electrons. The number of hydrogen-bond acceptors (Lipinski definition) is 3. The average Bonchev–Trinajstić information content (AvgIpc) is 2.53. The fourth-order valence-corrected chi connectivity index (χ4v) is 1.84. The fourth-order valence-electron chi connectivity index (χ4n) is 1.84. The summed E-state index contributed by atoms with van der Waals surface area (Å²) in [5.74, 6) is 0.520. The van der Waals surface area contributed by atoms with Gasteiger partial charge in [0.25, 0.3) is 0 Å². The monoisotopic (exact) mass is 270 g/mol. The number of carbonyl (C=O) groups excluding carboxylic acids is 1. The molecule has 0 aliphatic rings. The molecular formula is C17H18O3.